The van der Waals surface area contributed by atoms with Gasteiger partial charge in [-0.15, -0.1) is 11.3 Å². The predicted molar refractivity (Wildman–Crippen MR) is 81.5 cm³/mol. The fourth-order valence-corrected chi connectivity index (χ4v) is 3.03. The number of carbonyl (C=O) groups is 1. The van der Waals surface area contributed by atoms with Gasteiger partial charge in [0, 0.05) is 16.5 Å². The maximum Gasteiger partial charge on any atom is 0.255 e. The minimum atomic E-state index is -0.101. The zero-order valence-corrected chi connectivity index (χ0v) is 12.2. The molecule has 1 amide bonds. The van der Waals surface area contributed by atoms with E-state index in [1.165, 1.54) is 11.3 Å². The zero-order valence-electron chi connectivity index (χ0n) is 11.4. The first-order valence-corrected chi connectivity index (χ1v) is 7.07. The Kier molecular flexibility index (Phi) is 3.90. The molecule has 2 aromatic rings. The molecule has 1 aromatic heterocycles. The van der Waals surface area contributed by atoms with Crippen molar-refractivity contribution < 1.29 is 4.79 Å². The van der Waals surface area contributed by atoms with Gasteiger partial charge in [-0.1, -0.05) is 30.3 Å². The molecule has 0 radical (unpaired) electrons. The first-order chi connectivity index (χ1) is 9.00. The van der Waals surface area contributed by atoms with Crippen LogP contribution in [-0.4, -0.2) is 11.9 Å². The van der Waals surface area contributed by atoms with E-state index >= 15 is 0 Å². The number of aryl methyl sites for hydroxylation is 1. The van der Waals surface area contributed by atoms with E-state index in [2.05, 4.69) is 5.32 Å². The molecule has 3 nitrogen and oxygen atoms in total. The summed E-state index contributed by atoms with van der Waals surface area (Å²) in [6, 6.07) is 9.99. The van der Waals surface area contributed by atoms with Gasteiger partial charge in [-0.05, 0) is 26.3 Å². The number of nitrogen functional groups attached to an aromatic ring is 1. The third-order valence-electron chi connectivity index (χ3n) is 2.82. The summed E-state index contributed by atoms with van der Waals surface area (Å²) < 4.78 is 0. The Morgan fingerprint density at radius 3 is 2.47 bits per heavy atom. The fourth-order valence-electron chi connectivity index (χ4n) is 2.08. The molecule has 1 aromatic carbocycles. The second kappa shape index (κ2) is 5.45. The Morgan fingerprint density at radius 2 is 1.89 bits per heavy atom. The number of nitrogens with two attached hydrogens (primary N) is 1. The molecule has 3 N–H and O–H groups in total. The number of carbonyl (C=O) groups excluding carboxylic acids is 1. The van der Waals surface area contributed by atoms with E-state index in [0.29, 0.717) is 10.6 Å². The summed E-state index contributed by atoms with van der Waals surface area (Å²) in [6.45, 7) is 5.88. The summed E-state index contributed by atoms with van der Waals surface area (Å²) in [5, 5.41) is 3.49. The summed E-state index contributed by atoms with van der Waals surface area (Å²) in [4.78, 5) is 13.4. The van der Waals surface area contributed by atoms with Crippen molar-refractivity contribution in [3.8, 4) is 11.1 Å². The quantitative estimate of drug-likeness (QED) is 0.900. The molecular formula is C15H18N2OS. The SMILES string of the molecule is Cc1sc(N)c(C(=O)NC(C)C)c1-c1ccccc1. The van der Waals surface area contributed by atoms with Crippen LogP contribution in [0.2, 0.25) is 0 Å². The third kappa shape index (κ3) is 2.79. The average molecular weight is 274 g/mol. The summed E-state index contributed by atoms with van der Waals surface area (Å²) in [5.41, 5.74) is 8.59. The number of amides is 1. The number of rotatable bonds is 3. The zero-order chi connectivity index (χ0) is 14.0. The molecule has 4 heteroatoms. The molecule has 0 fully saturated rings. The van der Waals surface area contributed by atoms with E-state index in [4.69, 9.17) is 5.73 Å². The van der Waals surface area contributed by atoms with Crippen molar-refractivity contribution in [1.29, 1.82) is 0 Å². The van der Waals surface area contributed by atoms with Crippen LogP contribution in [0.25, 0.3) is 11.1 Å². The lowest BCUT2D eigenvalue weighted by Crippen LogP contribution is -2.30. The van der Waals surface area contributed by atoms with Crippen molar-refractivity contribution in [2.45, 2.75) is 26.8 Å². The lowest BCUT2D eigenvalue weighted by molar-refractivity contribution is 0.0945. The van der Waals surface area contributed by atoms with Crippen molar-refractivity contribution in [2.75, 3.05) is 5.73 Å². The minimum absolute atomic E-state index is 0.0933. The molecule has 0 aliphatic carbocycles. The van der Waals surface area contributed by atoms with E-state index in [1.807, 2.05) is 51.1 Å². The maximum absolute atomic E-state index is 12.3. The predicted octanol–water partition coefficient (Wildman–Crippen LogP) is 3.44. The van der Waals surface area contributed by atoms with E-state index in [0.717, 1.165) is 16.0 Å². The van der Waals surface area contributed by atoms with Gasteiger partial charge in [-0.25, -0.2) is 0 Å². The highest BCUT2D eigenvalue weighted by atomic mass is 32.1. The molecule has 100 valence electrons. The fraction of sp³-hybridized carbons (Fsp3) is 0.267. The van der Waals surface area contributed by atoms with Crippen LogP contribution in [0.3, 0.4) is 0 Å². The molecule has 0 aliphatic rings. The van der Waals surface area contributed by atoms with Crippen molar-refractivity contribution in [2.24, 2.45) is 0 Å². The molecule has 0 spiro atoms. The van der Waals surface area contributed by atoms with Crippen molar-refractivity contribution in [1.82, 2.24) is 5.32 Å². The summed E-state index contributed by atoms with van der Waals surface area (Å²) in [5.74, 6) is -0.101. The van der Waals surface area contributed by atoms with Crippen LogP contribution in [0.15, 0.2) is 30.3 Å². The van der Waals surface area contributed by atoms with Gasteiger partial charge in [0.15, 0.2) is 0 Å². The standard InChI is InChI=1S/C15H18N2OS/c1-9(2)17-15(18)13-12(10(3)19-14(13)16)11-7-5-4-6-8-11/h4-9H,16H2,1-3H3,(H,17,18). The van der Waals surface area contributed by atoms with E-state index < -0.39 is 0 Å². The summed E-state index contributed by atoms with van der Waals surface area (Å²) >= 11 is 1.46. The minimum Gasteiger partial charge on any atom is -0.390 e. The molecule has 0 atom stereocenters. The van der Waals surface area contributed by atoms with Crippen molar-refractivity contribution in [3.63, 3.8) is 0 Å². The highest BCUT2D eigenvalue weighted by Crippen LogP contribution is 2.37. The molecule has 0 bridgehead atoms. The van der Waals surface area contributed by atoms with Crippen LogP contribution in [0.5, 0.6) is 0 Å². The first-order valence-electron chi connectivity index (χ1n) is 6.26. The molecule has 1 heterocycles. The van der Waals surface area contributed by atoms with Crippen molar-refractivity contribution in [3.05, 3.63) is 40.8 Å². The largest absolute Gasteiger partial charge is 0.390 e. The number of benzene rings is 1. The van der Waals surface area contributed by atoms with E-state index in [9.17, 15) is 4.79 Å². The Balaban J connectivity index is 2.53. The molecular weight excluding hydrogens is 256 g/mol. The monoisotopic (exact) mass is 274 g/mol. The van der Waals surface area contributed by atoms with Crippen LogP contribution in [0.1, 0.15) is 29.1 Å². The smallest absolute Gasteiger partial charge is 0.255 e. The van der Waals surface area contributed by atoms with Crippen LogP contribution >= 0.6 is 11.3 Å². The highest BCUT2D eigenvalue weighted by Gasteiger charge is 2.21. The molecule has 2 rings (SSSR count). The average Bonchev–Trinajstić information content (AvgIpc) is 2.64. The van der Waals surface area contributed by atoms with Crippen LogP contribution in [-0.2, 0) is 0 Å². The van der Waals surface area contributed by atoms with Gasteiger partial charge in [0.2, 0.25) is 0 Å². The molecule has 0 unspecified atom stereocenters. The Labute approximate surface area is 117 Å². The van der Waals surface area contributed by atoms with Gasteiger partial charge in [-0.3, -0.25) is 4.79 Å². The normalized spacial score (nSPS) is 10.7. The second-order valence-corrected chi connectivity index (χ2v) is 6.02. The number of anilines is 1. The number of hydrogen-bond donors (Lipinski definition) is 2. The highest BCUT2D eigenvalue weighted by molar-refractivity contribution is 7.16. The van der Waals surface area contributed by atoms with Gasteiger partial charge in [0.1, 0.15) is 0 Å². The molecule has 0 saturated heterocycles. The molecule has 19 heavy (non-hydrogen) atoms. The van der Waals surface area contributed by atoms with Crippen LogP contribution in [0.4, 0.5) is 5.00 Å². The third-order valence-corrected chi connectivity index (χ3v) is 3.76. The van der Waals surface area contributed by atoms with Crippen LogP contribution in [0, 0.1) is 6.92 Å². The summed E-state index contributed by atoms with van der Waals surface area (Å²) in [6.07, 6.45) is 0. The first kappa shape index (κ1) is 13.6. The second-order valence-electron chi connectivity index (χ2n) is 4.77. The summed E-state index contributed by atoms with van der Waals surface area (Å²) in [7, 11) is 0. The van der Waals surface area contributed by atoms with E-state index in [-0.39, 0.29) is 11.9 Å². The Hall–Kier alpha value is -1.81. The van der Waals surface area contributed by atoms with Gasteiger partial charge in [-0.2, -0.15) is 0 Å². The number of nitrogens with one attached hydrogen (secondary N) is 1. The van der Waals surface area contributed by atoms with Gasteiger partial charge < -0.3 is 11.1 Å². The molecule has 0 saturated carbocycles. The van der Waals surface area contributed by atoms with Gasteiger partial charge in [0.05, 0.1) is 10.6 Å². The lowest BCUT2D eigenvalue weighted by atomic mass is 10.0. The van der Waals surface area contributed by atoms with Crippen LogP contribution < -0.4 is 11.1 Å². The van der Waals surface area contributed by atoms with Gasteiger partial charge in [0.25, 0.3) is 5.91 Å². The van der Waals surface area contributed by atoms with E-state index in [1.54, 1.807) is 0 Å². The number of thiophene rings is 1. The lowest BCUT2D eigenvalue weighted by Gasteiger charge is -2.10. The Morgan fingerprint density at radius 1 is 1.26 bits per heavy atom. The maximum atomic E-state index is 12.3. The Bertz CT molecular complexity index is 588. The topological polar surface area (TPSA) is 55.1 Å². The molecule has 0 aliphatic heterocycles. The van der Waals surface area contributed by atoms with Gasteiger partial charge >= 0.3 is 0 Å². The number of hydrogen-bond acceptors (Lipinski definition) is 3. The van der Waals surface area contributed by atoms with Crippen molar-refractivity contribution >= 4 is 22.2 Å².